The van der Waals surface area contributed by atoms with Gasteiger partial charge in [0.1, 0.15) is 5.65 Å². The Labute approximate surface area is 118 Å². The number of fused-ring (bicyclic) bond motifs is 1. The van der Waals surface area contributed by atoms with Crippen LogP contribution in [0.1, 0.15) is 19.0 Å². The van der Waals surface area contributed by atoms with Crippen LogP contribution < -0.4 is 5.32 Å². The Hall–Kier alpha value is -1.10. The Balaban J connectivity index is 1.79. The number of hydrogen-bond donors (Lipinski definition) is 1. The van der Waals surface area contributed by atoms with Gasteiger partial charge in [0.2, 0.25) is 0 Å². The maximum absolute atomic E-state index is 6.00. The van der Waals surface area contributed by atoms with E-state index in [1.54, 1.807) is 0 Å². The fraction of sp³-hybridized carbons (Fsp3) is 0.500. The number of hydrogen-bond acceptors (Lipinski definition) is 3. The van der Waals surface area contributed by atoms with E-state index in [2.05, 4.69) is 28.3 Å². The second-order valence-corrected chi connectivity index (χ2v) is 5.49. The molecule has 0 aromatic carbocycles. The molecule has 1 fully saturated rings. The zero-order valence-electron chi connectivity index (χ0n) is 11.1. The average molecular weight is 279 g/mol. The number of imidazole rings is 1. The summed E-state index contributed by atoms with van der Waals surface area (Å²) in [4.78, 5) is 7.14. The molecule has 1 aliphatic heterocycles. The van der Waals surface area contributed by atoms with Gasteiger partial charge in [0.25, 0.3) is 0 Å². The lowest BCUT2D eigenvalue weighted by Crippen LogP contribution is -2.36. The highest BCUT2D eigenvalue weighted by molar-refractivity contribution is 6.30. The number of aromatic nitrogens is 2. The minimum atomic E-state index is 0.637. The molecule has 0 saturated carbocycles. The normalized spacial score (nSPS) is 19.6. The summed E-state index contributed by atoms with van der Waals surface area (Å²) in [6, 6.07) is 4.48. The number of halogens is 1. The van der Waals surface area contributed by atoms with E-state index in [4.69, 9.17) is 11.6 Å². The van der Waals surface area contributed by atoms with Crippen molar-refractivity contribution in [3.05, 3.63) is 35.2 Å². The summed E-state index contributed by atoms with van der Waals surface area (Å²) >= 11 is 6.00. The van der Waals surface area contributed by atoms with Crippen molar-refractivity contribution in [2.45, 2.75) is 25.9 Å². The molecule has 0 radical (unpaired) electrons. The predicted octanol–water partition coefficient (Wildman–Crippen LogP) is 2.17. The predicted molar refractivity (Wildman–Crippen MR) is 77.6 cm³/mol. The monoisotopic (exact) mass is 278 g/mol. The molecule has 1 N–H and O–H groups in total. The van der Waals surface area contributed by atoms with Crippen LogP contribution in [0.25, 0.3) is 5.65 Å². The molecule has 1 unspecified atom stereocenters. The third-order valence-electron chi connectivity index (χ3n) is 3.79. The van der Waals surface area contributed by atoms with Crippen LogP contribution >= 0.6 is 11.6 Å². The van der Waals surface area contributed by atoms with E-state index in [9.17, 15) is 0 Å². The van der Waals surface area contributed by atoms with Gasteiger partial charge in [-0.1, -0.05) is 18.5 Å². The zero-order chi connectivity index (χ0) is 13.2. The van der Waals surface area contributed by atoms with Crippen molar-refractivity contribution >= 4 is 17.2 Å². The van der Waals surface area contributed by atoms with E-state index in [1.165, 1.54) is 6.42 Å². The topological polar surface area (TPSA) is 32.6 Å². The fourth-order valence-electron chi connectivity index (χ4n) is 2.75. The molecular formula is C14H19ClN4. The molecule has 2 aromatic heterocycles. The first-order chi connectivity index (χ1) is 9.26. The third kappa shape index (κ3) is 2.76. The van der Waals surface area contributed by atoms with Gasteiger partial charge in [-0.3, -0.25) is 4.90 Å². The van der Waals surface area contributed by atoms with Crippen molar-refractivity contribution in [1.82, 2.24) is 19.6 Å². The standard InChI is InChI=1S/C14H19ClN4/c1-2-18(13-5-6-16-7-13)9-12-10-19-8-11(15)3-4-14(19)17-12/h3-4,8,10,13,16H,2,5-7,9H2,1H3. The van der Waals surface area contributed by atoms with Crippen molar-refractivity contribution in [3.8, 4) is 0 Å². The average Bonchev–Trinajstić information content (AvgIpc) is 3.04. The zero-order valence-corrected chi connectivity index (χ0v) is 11.9. The molecule has 0 aliphatic carbocycles. The highest BCUT2D eigenvalue weighted by atomic mass is 35.5. The van der Waals surface area contributed by atoms with Gasteiger partial charge in [0.15, 0.2) is 0 Å². The lowest BCUT2D eigenvalue weighted by molar-refractivity contribution is 0.208. The molecular weight excluding hydrogens is 260 g/mol. The third-order valence-corrected chi connectivity index (χ3v) is 4.01. The highest BCUT2D eigenvalue weighted by Gasteiger charge is 2.21. The van der Waals surface area contributed by atoms with Gasteiger partial charge in [-0.2, -0.15) is 0 Å². The van der Waals surface area contributed by atoms with Crippen LogP contribution in [0.3, 0.4) is 0 Å². The summed E-state index contributed by atoms with van der Waals surface area (Å²) in [5.41, 5.74) is 2.07. The van der Waals surface area contributed by atoms with Crippen LogP contribution in [0.5, 0.6) is 0 Å². The number of likely N-dealkylation sites (N-methyl/N-ethyl adjacent to an activating group) is 1. The molecule has 1 saturated heterocycles. The molecule has 3 rings (SSSR count). The molecule has 1 aliphatic rings. The Morgan fingerprint density at radius 3 is 3.11 bits per heavy atom. The molecule has 19 heavy (non-hydrogen) atoms. The second-order valence-electron chi connectivity index (χ2n) is 5.05. The van der Waals surface area contributed by atoms with Crippen LogP contribution in [-0.4, -0.2) is 40.0 Å². The molecule has 102 valence electrons. The molecule has 0 bridgehead atoms. The summed E-state index contributed by atoms with van der Waals surface area (Å²) in [7, 11) is 0. The molecule has 4 nitrogen and oxygen atoms in total. The van der Waals surface area contributed by atoms with Gasteiger partial charge in [0, 0.05) is 31.5 Å². The Morgan fingerprint density at radius 2 is 2.37 bits per heavy atom. The summed E-state index contributed by atoms with van der Waals surface area (Å²) in [6.45, 7) is 6.39. The van der Waals surface area contributed by atoms with Gasteiger partial charge >= 0.3 is 0 Å². The number of pyridine rings is 1. The van der Waals surface area contributed by atoms with E-state index >= 15 is 0 Å². The first-order valence-electron chi connectivity index (χ1n) is 6.84. The summed E-state index contributed by atoms with van der Waals surface area (Å²) < 4.78 is 2.00. The first kappa shape index (κ1) is 12.9. The quantitative estimate of drug-likeness (QED) is 0.930. The van der Waals surface area contributed by atoms with Crippen molar-refractivity contribution in [1.29, 1.82) is 0 Å². The van der Waals surface area contributed by atoms with Gasteiger partial charge in [-0.15, -0.1) is 0 Å². The second kappa shape index (κ2) is 5.49. The molecule has 2 aromatic rings. The van der Waals surface area contributed by atoms with Crippen LogP contribution in [-0.2, 0) is 6.54 Å². The summed E-state index contributed by atoms with van der Waals surface area (Å²) in [6.07, 6.45) is 5.21. The van der Waals surface area contributed by atoms with Crippen molar-refractivity contribution in [3.63, 3.8) is 0 Å². The van der Waals surface area contributed by atoms with Crippen molar-refractivity contribution in [2.75, 3.05) is 19.6 Å². The number of rotatable bonds is 4. The van der Waals surface area contributed by atoms with Crippen LogP contribution in [0.2, 0.25) is 5.02 Å². The highest BCUT2D eigenvalue weighted by Crippen LogP contribution is 2.15. The molecule has 0 spiro atoms. The smallest absolute Gasteiger partial charge is 0.137 e. The van der Waals surface area contributed by atoms with Crippen molar-refractivity contribution < 1.29 is 0 Å². The van der Waals surface area contributed by atoms with Gasteiger partial charge in [-0.05, 0) is 31.6 Å². The lowest BCUT2D eigenvalue weighted by Gasteiger charge is -2.25. The van der Waals surface area contributed by atoms with Gasteiger partial charge in [0.05, 0.1) is 10.7 Å². The van der Waals surface area contributed by atoms with Gasteiger partial charge < -0.3 is 9.72 Å². The minimum absolute atomic E-state index is 0.637. The van der Waals surface area contributed by atoms with Gasteiger partial charge in [-0.25, -0.2) is 4.98 Å². The van der Waals surface area contributed by atoms with E-state index < -0.39 is 0 Å². The first-order valence-corrected chi connectivity index (χ1v) is 7.22. The van der Waals surface area contributed by atoms with E-state index in [0.717, 1.165) is 42.5 Å². The SMILES string of the molecule is CCN(Cc1cn2cc(Cl)ccc2n1)C1CCNC1. The number of nitrogens with zero attached hydrogens (tertiary/aromatic N) is 3. The molecule has 3 heterocycles. The van der Waals surface area contributed by atoms with Crippen LogP contribution in [0, 0.1) is 0 Å². The van der Waals surface area contributed by atoms with E-state index in [-0.39, 0.29) is 0 Å². The molecule has 0 amide bonds. The largest absolute Gasteiger partial charge is 0.315 e. The minimum Gasteiger partial charge on any atom is -0.315 e. The number of nitrogens with one attached hydrogen (secondary N) is 1. The lowest BCUT2D eigenvalue weighted by atomic mass is 10.2. The molecule has 1 atom stereocenters. The van der Waals surface area contributed by atoms with Crippen LogP contribution in [0.4, 0.5) is 0 Å². The van der Waals surface area contributed by atoms with Crippen LogP contribution in [0.15, 0.2) is 24.5 Å². The van der Waals surface area contributed by atoms with E-state index in [1.807, 2.05) is 22.7 Å². The summed E-state index contributed by atoms with van der Waals surface area (Å²) in [5, 5.41) is 4.16. The van der Waals surface area contributed by atoms with Crippen molar-refractivity contribution in [2.24, 2.45) is 0 Å². The Kier molecular flexibility index (Phi) is 3.73. The maximum atomic E-state index is 6.00. The fourth-order valence-corrected chi connectivity index (χ4v) is 2.92. The van der Waals surface area contributed by atoms with E-state index in [0.29, 0.717) is 6.04 Å². The summed E-state index contributed by atoms with van der Waals surface area (Å²) in [5.74, 6) is 0. The Bertz CT molecular complexity index is 560. The Morgan fingerprint density at radius 1 is 1.47 bits per heavy atom. The maximum Gasteiger partial charge on any atom is 0.137 e. The molecule has 5 heteroatoms.